The first-order chi connectivity index (χ1) is 11.5. The van der Waals surface area contributed by atoms with Crippen LogP contribution in [-0.4, -0.2) is 49.3 Å². The highest BCUT2D eigenvalue weighted by molar-refractivity contribution is 7.89. The van der Waals surface area contributed by atoms with E-state index < -0.39 is 15.8 Å². The maximum absolute atomic E-state index is 14.3. The molecule has 0 radical (unpaired) electrons. The molecule has 1 saturated heterocycles. The zero-order valence-corrected chi connectivity index (χ0v) is 14.6. The van der Waals surface area contributed by atoms with Gasteiger partial charge in [0, 0.05) is 31.7 Å². The van der Waals surface area contributed by atoms with Gasteiger partial charge >= 0.3 is 0 Å². The number of benzene rings is 1. The molecule has 1 aliphatic carbocycles. The molecule has 0 aromatic heterocycles. The number of hydrogen-bond donors (Lipinski definition) is 1. The molecular formula is C17H25FN2O3S. The molecule has 1 aromatic rings. The number of sulfonamides is 1. The molecule has 134 valence electrons. The Bertz CT molecular complexity index is 666. The van der Waals surface area contributed by atoms with Crippen molar-refractivity contribution in [3.63, 3.8) is 0 Å². The fourth-order valence-electron chi connectivity index (χ4n) is 3.69. The monoisotopic (exact) mass is 356 g/mol. The number of piperazine rings is 1. The van der Waals surface area contributed by atoms with E-state index in [0.717, 1.165) is 32.1 Å². The van der Waals surface area contributed by atoms with E-state index in [2.05, 4.69) is 0 Å². The van der Waals surface area contributed by atoms with Gasteiger partial charge in [-0.1, -0.05) is 31.4 Å². The fourth-order valence-corrected chi connectivity index (χ4v) is 5.71. The summed E-state index contributed by atoms with van der Waals surface area (Å²) in [7, 11) is -3.24. The third-order valence-electron chi connectivity index (χ3n) is 5.14. The Morgan fingerprint density at radius 1 is 1.08 bits per heavy atom. The highest BCUT2D eigenvalue weighted by atomic mass is 32.2. The van der Waals surface area contributed by atoms with Crippen molar-refractivity contribution in [3.8, 4) is 0 Å². The van der Waals surface area contributed by atoms with Crippen LogP contribution in [0.3, 0.4) is 0 Å². The molecule has 24 heavy (non-hydrogen) atoms. The maximum Gasteiger partial charge on any atom is 0.217 e. The second-order valence-corrected chi connectivity index (χ2v) is 8.81. The second kappa shape index (κ2) is 7.37. The van der Waals surface area contributed by atoms with Gasteiger partial charge in [-0.3, -0.25) is 0 Å². The third-order valence-corrected chi connectivity index (χ3v) is 7.54. The minimum absolute atomic E-state index is 0.243. The predicted molar refractivity (Wildman–Crippen MR) is 91.9 cm³/mol. The van der Waals surface area contributed by atoms with E-state index >= 15 is 0 Å². The van der Waals surface area contributed by atoms with Crippen molar-refractivity contribution in [2.75, 3.05) is 31.1 Å². The number of aliphatic hydroxyl groups is 1. The number of anilines is 1. The molecule has 1 aliphatic heterocycles. The quantitative estimate of drug-likeness (QED) is 0.898. The first-order valence-corrected chi connectivity index (χ1v) is 10.2. The van der Waals surface area contributed by atoms with Gasteiger partial charge in [-0.05, 0) is 18.9 Å². The minimum Gasteiger partial charge on any atom is -0.392 e. The van der Waals surface area contributed by atoms with Gasteiger partial charge in [0.05, 0.1) is 17.5 Å². The molecule has 1 N–H and O–H groups in total. The van der Waals surface area contributed by atoms with E-state index in [9.17, 15) is 17.9 Å². The summed E-state index contributed by atoms with van der Waals surface area (Å²) in [4.78, 5) is 1.86. The standard InChI is InChI=1S/C17H25FN2O3S/c18-17-14(13-21)5-4-8-16(17)19-9-11-20(12-10-19)24(22,23)15-6-2-1-3-7-15/h4-5,8,15,21H,1-3,6-7,9-13H2. The number of halogens is 1. The van der Waals surface area contributed by atoms with E-state index in [1.54, 1.807) is 22.5 Å². The van der Waals surface area contributed by atoms with Gasteiger partial charge in [0.1, 0.15) is 0 Å². The molecular weight excluding hydrogens is 331 g/mol. The molecule has 1 aromatic carbocycles. The van der Waals surface area contributed by atoms with Gasteiger partial charge in [-0.25, -0.2) is 12.8 Å². The van der Waals surface area contributed by atoms with Crippen molar-refractivity contribution in [3.05, 3.63) is 29.6 Å². The Labute approximate surface area is 143 Å². The Morgan fingerprint density at radius 2 is 1.75 bits per heavy atom. The molecule has 0 spiro atoms. The van der Waals surface area contributed by atoms with Gasteiger partial charge in [-0.15, -0.1) is 0 Å². The maximum atomic E-state index is 14.3. The average molecular weight is 356 g/mol. The third kappa shape index (κ3) is 3.43. The lowest BCUT2D eigenvalue weighted by Gasteiger charge is -2.37. The summed E-state index contributed by atoms with van der Waals surface area (Å²) >= 11 is 0. The average Bonchev–Trinajstić information content (AvgIpc) is 2.63. The van der Waals surface area contributed by atoms with Crippen molar-refractivity contribution in [1.29, 1.82) is 0 Å². The van der Waals surface area contributed by atoms with Crippen LogP contribution < -0.4 is 4.90 Å². The van der Waals surface area contributed by atoms with E-state index in [4.69, 9.17) is 0 Å². The first kappa shape index (κ1) is 17.6. The topological polar surface area (TPSA) is 60.9 Å². The predicted octanol–water partition coefficient (Wildman–Crippen LogP) is 2.10. The Hall–Kier alpha value is -1.18. The molecule has 1 saturated carbocycles. The molecule has 0 amide bonds. The lowest BCUT2D eigenvalue weighted by molar-refractivity contribution is 0.275. The van der Waals surface area contributed by atoms with Gasteiger partial charge < -0.3 is 10.0 Å². The van der Waals surface area contributed by atoms with Crippen molar-refractivity contribution in [2.24, 2.45) is 0 Å². The molecule has 0 atom stereocenters. The van der Waals surface area contributed by atoms with Crippen LogP contribution in [0.5, 0.6) is 0 Å². The van der Waals surface area contributed by atoms with Crippen molar-refractivity contribution in [2.45, 2.75) is 44.0 Å². The molecule has 7 heteroatoms. The Morgan fingerprint density at radius 3 is 2.38 bits per heavy atom. The zero-order valence-electron chi connectivity index (χ0n) is 13.8. The Balaban J connectivity index is 1.67. The second-order valence-electron chi connectivity index (χ2n) is 6.60. The highest BCUT2D eigenvalue weighted by Gasteiger charge is 2.35. The summed E-state index contributed by atoms with van der Waals surface area (Å²) in [5.41, 5.74) is 0.709. The van der Waals surface area contributed by atoms with Crippen molar-refractivity contribution in [1.82, 2.24) is 4.31 Å². The molecule has 1 heterocycles. The number of rotatable bonds is 4. The van der Waals surface area contributed by atoms with E-state index in [-0.39, 0.29) is 17.4 Å². The van der Waals surface area contributed by atoms with Gasteiger partial charge in [-0.2, -0.15) is 4.31 Å². The van der Waals surface area contributed by atoms with Gasteiger partial charge in [0.15, 0.2) is 5.82 Å². The molecule has 5 nitrogen and oxygen atoms in total. The smallest absolute Gasteiger partial charge is 0.217 e. The van der Waals surface area contributed by atoms with Gasteiger partial charge in [0.25, 0.3) is 0 Å². The molecule has 2 fully saturated rings. The Kier molecular flexibility index (Phi) is 5.42. The van der Waals surface area contributed by atoms with E-state index in [1.807, 2.05) is 4.90 Å². The lowest BCUT2D eigenvalue weighted by atomic mass is 10.0. The van der Waals surface area contributed by atoms with Crippen LogP contribution in [0.1, 0.15) is 37.7 Å². The summed E-state index contributed by atoms with van der Waals surface area (Å²) in [5.74, 6) is -0.413. The minimum atomic E-state index is -3.24. The summed E-state index contributed by atoms with van der Waals surface area (Å²) in [6.45, 7) is 1.38. The molecule has 0 unspecified atom stereocenters. The van der Waals surface area contributed by atoms with Gasteiger partial charge in [0.2, 0.25) is 10.0 Å². The molecule has 0 bridgehead atoms. The number of aliphatic hydroxyl groups excluding tert-OH is 1. The fraction of sp³-hybridized carbons (Fsp3) is 0.647. The van der Waals surface area contributed by atoms with Crippen LogP contribution in [0.25, 0.3) is 0 Å². The summed E-state index contributed by atoms with van der Waals surface area (Å²) in [6, 6.07) is 4.96. The normalized spacial score (nSPS) is 21.2. The van der Waals surface area contributed by atoms with Crippen molar-refractivity contribution >= 4 is 15.7 Å². The first-order valence-electron chi connectivity index (χ1n) is 8.66. The van der Waals surface area contributed by atoms with Crippen LogP contribution in [0.15, 0.2) is 18.2 Å². The van der Waals surface area contributed by atoms with E-state index in [0.29, 0.717) is 31.9 Å². The molecule has 2 aliphatic rings. The lowest BCUT2D eigenvalue weighted by Crippen LogP contribution is -2.51. The number of nitrogens with zero attached hydrogens (tertiary/aromatic N) is 2. The number of hydrogen-bond acceptors (Lipinski definition) is 4. The van der Waals surface area contributed by atoms with Crippen LogP contribution in [-0.2, 0) is 16.6 Å². The molecule has 3 rings (SSSR count). The SMILES string of the molecule is O=S(=O)(C1CCCCC1)N1CCN(c2cccc(CO)c2F)CC1. The summed E-state index contributed by atoms with van der Waals surface area (Å²) < 4.78 is 41.4. The van der Waals surface area contributed by atoms with Crippen LogP contribution in [0.2, 0.25) is 0 Å². The zero-order chi connectivity index (χ0) is 17.2. The van der Waals surface area contributed by atoms with Crippen LogP contribution >= 0.6 is 0 Å². The summed E-state index contributed by atoms with van der Waals surface area (Å²) in [5, 5.41) is 8.94. The van der Waals surface area contributed by atoms with E-state index in [1.165, 1.54) is 0 Å². The van der Waals surface area contributed by atoms with Crippen molar-refractivity contribution < 1.29 is 17.9 Å². The summed E-state index contributed by atoms with van der Waals surface area (Å²) in [6.07, 6.45) is 4.62. The van der Waals surface area contributed by atoms with Crippen LogP contribution in [0, 0.1) is 5.82 Å². The van der Waals surface area contributed by atoms with Crippen LogP contribution in [0.4, 0.5) is 10.1 Å². The highest BCUT2D eigenvalue weighted by Crippen LogP contribution is 2.28. The largest absolute Gasteiger partial charge is 0.392 e.